The van der Waals surface area contributed by atoms with Crippen LogP contribution in [0.5, 0.6) is 0 Å². The zero-order chi connectivity index (χ0) is 7.82. The molecule has 0 aromatic rings. The third-order valence-electron chi connectivity index (χ3n) is 1.19. The Morgan fingerprint density at radius 2 is 2.00 bits per heavy atom. The monoisotopic (exact) mass is 162 g/mol. The van der Waals surface area contributed by atoms with Crippen molar-refractivity contribution >= 4 is 11.8 Å². The van der Waals surface area contributed by atoms with Crippen molar-refractivity contribution in [3.05, 3.63) is 0 Å². The van der Waals surface area contributed by atoms with E-state index in [0.717, 1.165) is 6.61 Å². The third-order valence-corrected chi connectivity index (χ3v) is 1.89. The zero-order valence-electron chi connectivity index (χ0n) is 7.22. The lowest BCUT2D eigenvalue weighted by Gasteiger charge is -2.05. The van der Waals surface area contributed by atoms with E-state index in [0.29, 0.717) is 6.10 Å². The molecule has 0 rings (SSSR count). The minimum Gasteiger partial charge on any atom is -0.379 e. The van der Waals surface area contributed by atoms with E-state index >= 15 is 0 Å². The van der Waals surface area contributed by atoms with Crippen molar-refractivity contribution in [2.75, 3.05) is 18.6 Å². The van der Waals surface area contributed by atoms with E-state index < -0.39 is 0 Å². The first-order valence-electron chi connectivity index (χ1n) is 3.88. The molecule has 0 heterocycles. The van der Waals surface area contributed by atoms with Gasteiger partial charge >= 0.3 is 0 Å². The van der Waals surface area contributed by atoms with Crippen LogP contribution in [0.2, 0.25) is 0 Å². The molecule has 0 aliphatic heterocycles. The molecule has 0 saturated carbocycles. The van der Waals surface area contributed by atoms with Crippen LogP contribution in [0.1, 0.15) is 26.7 Å². The molecule has 1 nitrogen and oxygen atoms in total. The lowest BCUT2D eigenvalue weighted by molar-refractivity contribution is 0.0768. The molecule has 0 aromatic carbocycles. The van der Waals surface area contributed by atoms with Crippen molar-refractivity contribution in [2.45, 2.75) is 32.8 Å². The second-order valence-electron chi connectivity index (χ2n) is 2.62. The van der Waals surface area contributed by atoms with Gasteiger partial charge in [0.05, 0.1) is 6.10 Å². The minimum absolute atomic E-state index is 0.397. The standard InChI is InChI=1S/C8H18OS/c1-8(2)9-6-4-5-7-10-3/h8H,4-7H2,1-3H3. The maximum absolute atomic E-state index is 5.38. The van der Waals surface area contributed by atoms with E-state index in [1.807, 2.05) is 11.8 Å². The molecule has 0 aliphatic rings. The van der Waals surface area contributed by atoms with Crippen molar-refractivity contribution < 1.29 is 4.74 Å². The van der Waals surface area contributed by atoms with Gasteiger partial charge in [-0.2, -0.15) is 11.8 Å². The molecular weight excluding hydrogens is 144 g/mol. The van der Waals surface area contributed by atoms with Crippen LogP contribution in [0.3, 0.4) is 0 Å². The first-order chi connectivity index (χ1) is 4.77. The molecule has 0 spiro atoms. The van der Waals surface area contributed by atoms with Gasteiger partial charge in [0, 0.05) is 6.61 Å². The van der Waals surface area contributed by atoms with Crippen molar-refractivity contribution in [1.29, 1.82) is 0 Å². The van der Waals surface area contributed by atoms with E-state index in [-0.39, 0.29) is 0 Å². The van der Waals surface area contributed by atoms with Gasteiger partial charge in [0.1, 0.15) is 0 Å². The highest BCUT2D eigenvalue weighted by molar-refractivity contribution is 7.98. The van der Waals surface area contributed by atoms with Crippen molar-refractivity contribution in [1.82, 2.24) is 0 Å². The highest BCUT2D eigenvalue weighted by Gasteiger charge is 1.91. The molecule has 0 N–H and O–H groups in total. The highest BCUT2D eigenvalue weighted by atomic mass is 32.2. The molecule has 0 aromatic heterocycles. The fourth-order valence-electron chi connectivity index (χ4n) is 0.667. The third kappa shape index (κ3) is 8.31. The molecule has 0 amide bonds. The summed E-state index contributed by atoms with van der Waals surface area (Å²) in [6.45, 7) is 5.08. The van der Waals surface area contributed by atoms with E-state index in [1.165, 1.54) is 18.6 Å². The second kappa shape index (κ2) is 7.42. The van der Waals surface area contributed by atoms with Gasteiger partial charge in [-0.3, -0.25) is 0 Å². The van der Waals surface area contributed by atoms with E-state index in [4.69, 9.17) is 4.74 Å². The van der Waals surface area contributed by atoms with Crippen LogP contribution >= 0.6 is 11.8 Å². The molecule has 2 heteroatoms. The number of hydrogen-bond donors (Lipinski definition) is 0. The second-order valence-corrected chi connectivity index (χ2v) is 3.61. The lowest BCUT2D eigenvalue weighted by Crippen LogP contribution is -2.03. The Balaban J connectivity index is 2.77. The van der Waals surface area contributed by atoms with Crippen molar-refractivity contribution in [3.63, 3.8) is 0 Å². The normalized spacial score (nSPS) is 10.8. The van der Waals surface area contributed by atoms with Crippen molar-refractivity contribution in [3.8, 4) is 0 Å². The summed E-state index contributed by atoms with van der Waals surface area (Å²) in [7, 11) is 0. The average molecular weight is 162 g/mol. The van der Waals surface area contributed by atoms with E-state index in [1.54, 1.807) is 0 Å². The fourth-order valence-corrected chi connectivity index (χ4v) is 1.16. The van der Waals surface area contributed by atoms with Crippen LogP contribution in [0.4, 0.5) is 0 Å². The largest absolute Gasteiger partial charge is 0.379 e. The predicted octanol–water partition coefficient (Wildman–Crippen LogP) is 2.55. The molecule has 62 valence electrons. The van der Waals surface area contributed by atoms with Crippen LogP contribution in [-0.2, 0) is 4.74 Å². The molecule has 10 heavy (non-hydrogen) atoms. The molecule has 0 atom stereocenters. The summed E-state index contributed by atoms with van der Waals surface area (Å²) in [5, 5.41) is 0. The van der Waals surface area contributed by atoms with Gasteiger partial charge < -0.3 is 4.74 Å². The Morgan fingerprint density at radius 3 is 2.50 bits per heavy atom. The summed E-state index contributed by atoms with van der Waals surface area (Å²) in [5.74, 6) is 1.27. The summed E-state index contributed by atoms with van der Waals surface area (Å²) in [6, 6.07) is 0. The molecule has 0 bridgehead atoms. The number of thioether (sulfide) groups is 1. The summed E-state index contributed by atoms with van der Waals surface area (Å²) in [6.07, 6.45) is 5.03. The van der Waals surface area contributed by atoms with Crippen LogP contribution in [0, 0.1) is 0 Å². The maximum Gasteiger partial charge on any atom is 0.0518 e. The molecular formula is C8H18OS. The number of rotatable bonds is 6. The summed E-state index contributed by atoms with van der Waals surface area (Å²) >= 11 is 1.90. The molecule has 0 unspecified atom stereocenters. The predicted molar refractivity (Wildman–Crippen MR) is 48.7 cm³/mol. The van der Waals surface area contributed by atoms with Gasteiger partial charge in [0.25, 0.3) is 0 Å². The average Bonchev–Trinajstić information content (AvgIpc) is 1.87. The van der Waals surface area contributed by atoms with Gasteiger partial charge in [0.15, 0.2) is 0 Å². The minimum atomic E-state index is 0.397. The molecule has 0 aliphatic carbocycles. The summed E-state index contributed by atoms with van der Waals surface area (Å²) in [5.41, 5.74) is 0. The smallest absolute Gasteiger partial charge is 0.0518 e. The Hall–Kier alpha value is 0.310. The first-order valence-corrected chi connectivity index (χ1v) is 5.27. The van der Waals surface area contributed by atoms with Crippen LogP contribution in [0.15, 0.2) is 0 Å². The zero-order valence-corrected chi connectivity index (χ0v) is 8.04. The fraction of sp³-hybridized carbons (Fsp3) is 1.00. The lowest BCUT2D eigenvalue weighted by atomic mass is 10.3. The SMILES string of the molecule is CSCCCCOC(C)C. The molecule has 0 fully saturated rings. The Morgan fingerprint density at radius 1 is 1.30 bits per heavy atom. The Kier molecular flexibility index (Phi) is 7.65. The maximum atomic E-state index is 5.38. The van der Waals surface area contributed by atoms with E-state index in [9.17, 15) is 0 Å². The molecule has 0 saturated heterocycles. The van der Waals surface area contributed by atoms with Crippen LogP contribution in [0.25, 0.3) is 0 Å². The van der Waals surface area contributed by atoms with Crippen LogP contribution < -0.4 is 0 Å². The van der Waals surface area contributed by atoms with Gasteiger partial charge in [-0.05, 0) is 38.7 Å². The van der Waals surface area contributed by atoms with Gasteiger partial charge in [-0.15, -0.1) is 0 Å². The topological polar surface area (TPSA) is 9.23 Å². The highest BCUT2D eigenvalue weighted by Crippen LogP contribution is 2.00. The number of hydrogen-bond acceptors (Lipinski definition) is 2. The van der Waals surface area contributed by atoms with Gasteiger partial charge in [-0.1, -0.05) is 0 Å². The Labute approximate surface area is 68.5 Å². The first kappa shape index (κ1) is 10.3. The summed E-state index contributed by atoms with van der Waals surface area (Å²) in [4.78, 5) is 0. The summed E-state index contributed by atoms with van der Waals surface area (Å²) < 4.78 is 5.38. The van der Waals surface area contributed by atoms with Gasteiger partial charge in [-0.25, -0.2) is 0 Å². The van der Waals surface area contributed by atoms with Crippen molar-refractivity contribution in [2.24, 2.45) is 0 Å². The van der Waals surface area contributed by atoms with Gasteiger partial charge in [0.2, 0.25) is 0 Å². The number of ether oxygens (including phenoxy) is 1. The number of unbranched alkanes of at least 4 members (excludes halogenated alkanes) is 1. The van der Waals surface area contributed by atoms with E-state index in [2.05, 4.69) is 20.1 Å². The van der Waals surface area contributed by atoms with Crippen LogP contribution in [-0.4, -0.2) is 24.7 Å². The molecule has 0 radical (unpaired) electrons. The Bertz CT molecular complexity index is 64.3. The quantitative estimate of drug-likeness (QED) is 0.555.